The highest BCUT2D eigenvalue weighted by molar-refractivity contribution is 9.10. The fourth-order valence-electron chi connectivity index (χ4n) is 3.30. The van der Waals surface area contributed by atoms with Crippen molar-refractivity contribution in [2.45, 2.75) is 17.5 Å². The summed E-state index contributed by atoms with van der Waals surface area (Å²) >= 11 is 9.75. The lowest BCUT2D eigenvalue weighted by Crippen LogP contribution is -2.26. The number of hydrogen-bond donors (Lipinski definition) is 2. The number of hydrogen-bond acceptors (Lipinski definition) is 5. The zero-order valence-corrected chi connectivity index (χ0v) is 21.0. The maximum absolute atomic E-state index is 12.9. The standard InChI is InChI=1S/C22H18BrClF3N5O2S/c23-17-13-29-32-20(12-19(31-21(17)32)16-7-1-2-8-18(16)24)28-9-4-10-30-35(33,34)15-6-3-5-14(11-15)22(25,26)27/h1-3,5-8,11-13,28,30H,4,9-10H2. The van der Waals surface area contributed by atoms with Crippen LogP contribution < -0.4 is 10.0 Å². The van der Waals surface area contributed by atoms with Gasteiger partial charge < -0.3 is 5.32 Å². The van der Waals surface area contributed by atoms with Gasteiger partial charge >= 0.3 is 6.18 Å². The second-order valence-corrected chi connectivity index (χ2v) is 10.5. The van der Waals surface area contributed by atoms with Crippen LogP contribution in [-0.2, 0) is 16.2 Å². The Morgan fingerprint density at radius 1 is 1.06 bits per heavy atom. The van der Waals surface area contributed by atoms with Crippen LogP contribution in [0.3, 0.4) is 0 Å². The van der Waals surface area contributed by atoms with E-state index in [2.05, 4.69) is 36.1 Å². The molecule has 184 valence electrons. The summed E-state index contributed by atoms with van der Waals surface area (Å²) in [5.41, 5.74) is 0.900. The molecule has 4 aromatic rings. The lowest BCUT2D eigenvalue weighted by Gasteiger charge is -2.12. The lowest BCUT2D eigenvalue weighted by atomic mass is 10.1. The summed E-state index contributed by atoms with van der Waals surface area (Å²) in [6.45, 7) is 0.365. The third-order valence-electron chi connectivity index (χ3n) is 5.00. The Morgan fingerprint density at radius 2 is 1.83 bits per heavy atom. The first-order chi connectivity index (χ1) is 16.6. The fraction of sp³-hybridized carbons (Fsp3) is 0.182. The van der Waals surface area contributed by atoms with E-state index in [4.69, 9.17) is 11.6 Å². The van der Waals surface area contributed by atoms with Crippen molar-refractivity contribution in [1.29, 1.82) is 0 Å². The van der Waals surface area contributed by atoms with Crippen LogP contribution in [0.5, 0.6) is 0 Å². The first kappa shape index (κ1) is 25.4. The number of nitrogens with one attached hydrogen (secondary N) is 2. The predicted molar refractivity (Wildman–Crippen MR) is 131 cm³/mol. The number of anilines is 1. The Balaban J connectivity index is 1.44. The van der Waals surface area contributed by atoms with Crippen LogP contribution in [-0.4, -0.2) is 36.1 Å². The van der Waals surface area contributed by atoms with Gasteiger partial charge in [0.05, 0.1) is 26.8 Å². The summed E-state index contributed by atoms with van der Waals surface area (Å²) in [5, 5.41) is 8.03. The number of sulfonamides is 1. The number of halogens is 5. The molecule has 2 aromatic heterocycles. The van der Waals surface area contributed by atoms with E-state index in [9.17, 15) is 21.6 Å². The van der Waals surface area contributed by atoms with Gasteiger partial charge in [-0.25, -0.2) is 18.1 Å². The molecule has 0 amide bonds. The molecule has 2 heterocycles. The average molecular weight is 589 g/mol. The van der Waals surface area contributed by atoms with E-state index in [0.29, 0.717) is 45.7 Å². The third kappa shape index (κ3) is 5.77. The van der Waals surface area contributed by atoms with E-state index in [1.54, 1.807) is 22.8 Å². The Hall–Kier alpha value is -2.67. The van der Waals surface area contributed by atoms with Crippen LogP contribution in [0, 0.1) is 0 Å². The van der Waals surface area contributed by atoms with Gasteiger partial charge in [-0.15, -0.1) is 0 Å². The first-order valence-electron chi connectivity index (χ1n) is 10.3. The SMILES string of the molecule is O=S(=O)(NCCCNc1cc(-c2ccccc2Cl)nc2c(Br)cnn12)c1cccc(C(F)(F)F)c1. The van der Waals surface area contributed by atoms with Gasteiger partial charge in [-0.1, -0.05) is 35.9 Å². The number of nitrogens with zero attached hydrogens (tertiary/aromatic N) is 3. The number of rotatable bonds is 8. The molecule has 0 fully saturated rings. The zero-order valence-electron chi connectivity index (χ0n) is 17.9. The Labute approximate surface area is 212 Å². The van der Waals surface area contributed by atoms with Gasteiger partial charge in [0.15, 0.2) is 5.65 Å². The molecule has 0 radical (unpaired) electrons. The molecule has 0 spiro atoms. The first-order valence-corrected chi connectivity index (χ1v) is 12.9. The van der Waals surface area contributed by atoms with E-state index >= 15 is 0 Å². The summed E-state index contributed by atoms with van der Waals surface area (Å²) in [5.74, 6) is 0.608. The van der Waals surface area contributed by atoms with Gasteiger partial charge in [-0.3, -0.25) is 0 Å². The topological polar surface area (TPSA) is 88.4 Å². The molecule has 0 unspecified atom stereocenters. The highest BCUT2D eigenvalue weighted by Crippen LogP contribution is 2.31. The average Bonchev–Trinajstić information content (AvgIpc) is 3.19. The molecule has 13 heteroatoms. The number of aromatic nitrogens is 3. The van der Waals surface area contributed by atoms with Gasteiger partial charge in [-0.05, 0) is 46.6 Å². The zero-order chi connectivity index (χ0) is 25.2. The van der Waals surface area contributed by atoms with E-state index < -0.39 is 26.7 Å². The molecule has 0 saturated carbocycles. The minimum atomic E-state index is -4.63. The molecule has 0 saturated heterocycles. The Morgan fingerprint density at radius 3 is 2.57 bits per heavy atom. The van der Waals surface area contributed by atoms with Crippen LogP contribution in [0.4, 0.5) is 19.0 Å². The molecule has 0 aliphatic rings. The maximum Gasteiger partial charge on any atom is 0.416 e. The van der Waals surface area contributed by atoms with Gasteiger partial charge in [-0.2, -0.15) is 22.8 Å². The fourth-order valence-corrected chi connectivity index (χ4v) is 5.00. The molecule has 0 aliphatic heterocycles. The third-order valence-corrected chi connectivity index (χ3v) is 7.35. The summed E-state index contributed by atoms with van der Waals surface area (Å²) in [6, 6.07) is 12.7. The van der Waals surface area contributed by atoms with Crippen molar-refractivity contribution < 1.29 is 21.6 Å². The molecule has 0 bridgehead atoms. The summed E-state index contributed by atoms with van der Waals surface area (Å²) in [4.78, 5) is 4.18. The van der Waals surface area contributed by atoms with Crippen molar-refractivity contribution in [1.82, 2.24) is 19.3 Å². The molecule has 0 atom stereocenters. The number of alkyl halides is 3. The van der Waals surface area contributed by atoms with Crippen molar-refractivity contribution in [3.8, 4) is 11.3 Å². The molecule has 2 N–H and O–H groups in total. The second-order valence-electron chi connectivity index (χ2n) is 7.44. The number of fused-ring (bicyclic) bond motifs is 1. The summed E-state index contributed by atoms with van der Waals surface area (Å²) in [7, 11) is -4.09. The Kier molecular flexibility index (Phi) is 7.36. The lowest BCUT2D eigenvalue weighted by molar-refractivity contribution is -0.137. The maximum atomic E-state index is 12.9. The van der Waals surface area contributed by atoms with Crippen molar-refractivity contribution in [3.63, 3.8) is 0 Å². The highest BCUT2D eigenvalue weighted by Gasteiger charge is 2.31. The second kappa shape index (κ2) is 10.1. The van der Waals surface area contributed by atoms with Crippen LogP contribution >= 0.6 is 27.5 Å². The molecule has 35 heavy (non-hydrogen) atoms. The van der Waals surface area contributed by atoms with E-state index in [1.807, 2.05) is 18.2 Å². The molecule has 2 aromatic carbocycles. The Bertz CT molecular complexity index is 1480. The minimum absolute atomic E-state index is 0.0139. The van der Waals surface area contributed by atoms with Crippen molar-refractivity contribution in [2.75, 3.05) is 18.4 Å². The van der Waals surface area contributed by atoms with Gasteiger partial charge in [0.1, 0.15) is 5.82 Å². The van der Waals surface area contributed by atoms with Crippen LogP contribution in [0.25, 0.3) is 16.9 Å². The van der Waals surface area contributed by atoms with Gasteiger partial charge in [0.25, 0.3) is 0 Å². The number of benzene rings is 2. The summed E-state index contributed by atoms with van der Waals surface area (Å²) < 4.78 is 68.1. The molecular weight excluding hydrogens is 571 g/mol. The monoisotopic (exact) mass is 587 g/mol. The molecule has 0 aliphatic carbocycles. The van der Waals surface area contributed by atoms with E-state index in [1.165, 1.54) is 0 Å². The molecular formula is C22H18BrClF3N5O2S. The quantitative estimate of drug-likeness (QED) is 0.261. The van der Waals surface area contributed by atoms with E-state index in [-0.39, 0.29) is 6.54 Å². The van der Waals surface area contributed by atoms with Crippen molar-refractivity contribution in [2.24, 2.45) is 0 Å². The normalized spacial score (nSPS) is 12.3. The smallest absolute Gasteiger partial charge is 0.370 e. The summed E-state index contributed by atoms with van der Waals surface area (Å²) in [6.07, 6.45) is -2.67. The van der Waals surface area contributed by atoms with Gasteiger partial charge in [0.2, 0.25) is 10.0 Å². The minimum Gasteiger partial charge on any atom is -0.370 e. The largest absolute Gasteiger partial charge is 0.416 e. The molecule has 4 rings (SSSR count). The van der Waals surface area contributed by atoms with Crippen molar-refractivity contribution >= 4 is 49.0 Å². The molecule has 7 nitrogen and oxygen atoms in total. The van der Waals surface area contributed by atoms with Crippen LogP contribution in [0.1, 0.15) is 12.0 Å². The predicted octanol–water partition coefficient (Wildman–Crippen LogP) is 5.61. The van der Waals surface area contributed by atoms with Crippen molar-refractivity contribution in [3.05, 3.63) is 75.9 Å². The van der Waals surface area contributed by atoms with Gasteiger partial charge in [0, 0.05) is 29.7 Å². The van der Waals surface area contributed by atoms with Crippen LogP contribution in [0.15, 0.2) is 70.2 Å². The highest BCUT2D eigenvalue weighted by atomic mass is 79.9. The van der Waals surface area contributed by atoms with Crippen LogP contribution in [0.2, 0.25) is 5.02 Å². The van der Waals surface area contributed by atoms with E-state index in [0.717, 1.165) is 23.8 Å².